The van der Waals surface area contributed by atoms with Gasteiger partial charge in [-0.1, -0.05) is 12.6 Å². The summed E-state index contributed by atoms with van der Waals surface area (Å²) in [6.07, 6.45) is -2.77. The van der Waals surface area contributed by atoms with Gasteiger partial charge >= 0.3 is 0 Å². The van der Waals surface area contributed by atoms with Crippen LogP contribution < -0.4 is 5.32 Å². The number of benzene rings is 2. The summed E-state index contributed by atoms with van der Waals surface area (Å²) in [5.74, 6) is -2.37. The van der Waals surface area contributed by atoms with Crippen molar-refractivity contribution in [2.24, 2.45) is 0 Å². The summed E-state index contributed by atoms with van der Waals surface area (Å²) < 4.78 is 68.6. The second kappa shape index (κ2) is 7.22. The van der Waals surface area contributed by atoms with E-state index in [9.17, 15) is 22.0 Å². The maximum atomic E-state index is 14.5. The van der Waals surface area contributed by atoms with E-state index in [0.29, 0.717) is 5.69 Å². The summed E-state index contributed by atoms with van der Waals surface area (Å²) in [5, 5.41) is 6.32. The average molecular weight is 379 g/mol. The van der Waals surface area contributed by atoms with E-state index in [1.807, 2.05) is 0 Å². The molecule has 0 radical (unpaired) electrons. The van der Waals surface area contributed by atoms with Crippen LogP contribution in [0.15, 0.2) is 49.0 Å². The van der Waals surface area contributed by atoms with E-state index >= 15 is 0 Å². The van der Waals surface area contributed by atoms with Gasteiger partial charge in [-0.2, -0.15) is 5.10 Å². The third-order valence-corrected chi connectivity index (χ3v) is 3.87. The molecule has 0 aliphatic rings. The minimum atomic E-state index is -2.77. The second-order valence-corrected chi connectivity index (χ2v) is 5.79. The lowest BCUT2D eigenvalue weighted by Crippen LogP contribution is -2.05. The van der Waals surface area contributed by atoms with Crippen molar-refractivity contribution in [1.29, 1.82) is 0 Å². The van der Waals surface area contributed by atoms with Crippen LogP contribution >= 0.6 is 0 Å². The minimum absolute atomic E-state index is 0.0346. The number of aromatic nitrogens is 2. The van der Waals surface area contributed by atoms with Crippen LogP contribution in [0.4, 0.5) is 27.6 Å². The lowest BCUT2D eigenvalue weighted by molar-refractivity contribution is 0.145. The van der Waals surface area contributed by atoms with Crippen molar-refractivity contribution in [3.05, 3.63) is 83.4 Å². The number of halogens is 5. The Hall–Kier alpha value is -3.16. The van der Waals surface area contributed by atoms with Gasteiger partial charge in [-0.25, -0.2) is 26.6 Å². The summed E-state index contributed by atoms with van der Waals surface area (Å²) in [4.78, 5) is 0. The van der Waals surface area contributed by atoms with Crippen LogP contribution in [0.3, 0.4) is 0 Å². The van der Waals surface area contributed by atoms with Crippen LogP contribution in [0, 0.1) is 24.4 Å². The molecule has 2 aromatic carbocycles. The van der Waals surface area contributed by atoms with Crippen molar-refractivity contribution < 1.29 is 22.0 Å². The van der Waals surface area contributed by atoms with Gasteiger partial charge in [0, 0.05) is 17.1 Å². The van der Waals surface area contributed by atoms with Crippen molar-refractivity contribution >= 4 is 11.4 Å². The highest BCUT2D eigenvalue weighted by Crippen LogP contribution is 2.26. The third kappa shape index (κ3) is 3.69. The minimum Gasteiger partial charge on any atom is -0.355 e. The molecule has 1 N–H and O–H groups in total. The fourth-order valence-corrected chi connectivity index (χ4v) is 2.63. The van der Waals surface area contributed by atoms with Crippen molar-refractivity contribution in [1.82, 2.24) is 9.78 Å². The summed E-state index contributed by atoms with van der Waals surface area (Å²) in [5.41, 5.74) is -0.421. The molecule has 27 heavy (non-hydrogen) atoms. The highest BCUT2D eigenvalue weighted by molar-refractivity contribution is 5.76. The highest BCUT2D eigenvalue weighted by Gasteiger charge is 2.17. The SMILES string of the molecule is C=C(Nc1ccc(-n2nc(C(F)F)cc2C)c(F)c1)c1c(F)cccc1F. The average Bonchev–Trinajstić information content (AvgIpc) is 2.97. The Balaban J connectivity index is 1.88. The first kappa shape index (κ1) is 18.6. The van der Waals surface area contributed by atoms with E-state index in [1.54, 1.807) is 0 Å². The number of anilines is 1. The summed E-state index contributed by atoms with van der Waals surface area (Å²) in [6, 6.07) is 8.34. The van der Waals surface area contributed by atoms with E-state index < -0.39 is 29.6 Å². The van der Waals surface area contributed by atoms with Gasteiger partial charge in [0.05, 0.1) is 5.56 Å². The lowest BCUT2D eigenvalue weighted by Gasteiger charge is -2.13. The molecule has 3 aromatic rings. The Morgan fingerprint density at radius 3 is 2.26 bits per heavy atom. The normalized spacial score (nSPS) is 11.1. The van der Waals surface area contributed by atoms with Gasteiger partial charge in [0.1, 0.15) is 23.0 Å². The third-order valence-electron chi connectivity index (χ3n) is 3.87. The first-order valence-electron chi connectivity index (χ1n) is 7.83. The maximum Gasteiger partial charge on any atom is 0.282 e. The highest BCUT2D eigenvalue weighted by atomic mass is 19.3. The molecule has 0 spiro atoms. The molecule has 1 aromatic heterocycles. The van der Waals surface area contributed by atoms with Crippen molar-refractivity contribution in [2.75, 3.05) is 5.32 Å². The van der Waals surface area contributed by atoms with Gasteiger partial charge in [-0.05, 0) is 43.3 Å². The van der Waals surface area contributed by atoms with Gasteiger partial charge in [-0.15, -0.1) is 0 Å². The fraction of sp³-hybridized carbons (Fsp3) is 0.105. The number of aryl methyl sites for hydroxylation is 1. The Kier molecular flexibility index (Phi) is 4.98. The molecule has 8 heteroatoms. The summed E-state index contributed by atoms with van der Waals surface area (Å²) in [7, 11) is 0. The zero-order valence-corrected chi connectivity index (χ0v) is 14.1. The first-order valence-corrected chi connectivity index (χ1v) is 7.83. The molecule has 0 atom stereocenters. The predicted molar refractivity (Wildman–Crippen MR) is 92.2 cm³/mol. The zero-order chi connectivity index (χ0) is 19.7. The van der Waals surface area contributed by atoms with Crippen molar-refractivity contribution in [3.63, 3.8) is 0 Å². The molecule has 0 fully saturated rings. The number of nitrogens with one attached hydrogen (secondary N) is 1. The Labute approximate surface area is 151 Å². The van der Waals surface area contributed by atoms with Crippen molar-refractivity contribution in [2.45, 2.75) is 13.3 Å². The summed E-state index contributed by atoms with van der Waals surface area (Å²) in [6.45, 7) is 5.10. The predicted octanol–water partition coefficient (Wildman–Crippen LogP) is 5.62. The number of hydrogen-bond donors (Lipinski definition) is 1. The Bertz CT molecular complexity index is 990. The second-order valence-electron chi connectivity index (χ2n) is 5.79. The Morgan fingerprint density at radius 1 is 1.04 bits per heavy atom. The molecular weight excluding hydrogens is 365 g/mol. The molecular formula is C19H14F5N3. The van der Waals surface area contributed by atoms with E-state index in [1.165, 1.54) is 31.2 Å². The van der Waals surface area contributed by atoms with Crippen LogP contribution in [0.2, 0.25) is 0 Å². The van der Waals surface area contributed by atoms with Crippen LogP contribution in [0.1, 0.15) is 23.4 Å². The molecule has 3 rings (SSSR count). The zero-order valence-electron chi connectivity index (χ0n) is 14.1. The van der Waals surface area contributed by atoms with Gasteiger partial charge in [0.25, 0.3) is 6.43 Å². The molecule has 1 heterocycles. The molecule has 0 saturated carbocycles. The maximum absolute atomic E-state index is 14.5. The monoisotopic (exact) mass is 379 g/mol. The molecule has 0 aliphatic heterocycles. The quantitative estimate of drug-likeness (QED) is 0.583. The topological polar surface area (TPSA) is 29.9 Å². The van der Waals surface area contributed by atoms with E-state index in [0.717, 1.165) is 22.9 Å². The molecule has 3 nitrogen and oxygen atoms in total. The van der Waals surface area contributed by atoms with E-state index in [4.69, 9.17) is 0 Å². The van der Waals surface area contributed by atoms with Crippen LogP contribution in [0.25, 0.3) is 11.4 Å². The largest absolute Gasteiger partial charge is 0.355 e. The molecule has 0 saturated heterocycles. The standard InChI is InChI=1S/C19H14F5N3/c1-10-8-16(19(23)24)26-27(10)17-7-6-12(9-15(17)22)25-11(2)18-13(20)4-3-5-14(18)21/h3-9,19,25H,2H2,1H3. The van der Waals surface area contributed by atoms with Crippen molar-refractivity contribution in [3.8, 4) is 5.69 Å². The van der Waals surface area contributed by atoms with Crippen LogP contribution in [-0.2, 0) is 0 Å². The summed E-state index contributed by atoms with van der Waals surface area (Å²) >= 11 is 0. The van der Waals surface area contributed by atoms with Crippen LogP contribution in [-0.4, -0.2) is 9.78 Å². The van der Waals surface area contributed by atoms with Gasteiger partial charge < -0.3 is 5.32 Å². The van der Waals surface area contributed by atoms with Gasteiger partial charge in [0.2, 0.25) is 0 Å². The number of nitrogens with zero attached hydrogens (tertiary/aromatic N) is 2. The first-order chi connectivity index (χ1) is 12.8. The smallest absolute Gasteiger partial charge is 0.282 e. The fourth-order valence-electron chi connectivity index (χ4n) is 2.63. The number of hydrogen-bond acceptors (Lipinski definition) is 2. The van der Waals surface area contributed by atoms with E-state index in [2.05, 4.69) is 17.0 Å². The molecule has 0 aliphatic carbocycles. The van der Waals surface area contributed by atoms with Gasteiger partial charge in [0.15, 0.2) is 5.82 Å². The number of alkyl halides is 2. The molecule has 0 unspecified atom stereocenters. The molecule has 140 valence electrons. The van der Waals surface area contributed by atoms with Gasteiger partial charge in [-0.3, -0.25) is 0 Å². The van der Waals surface area contributed by atoms with E-state index in [-0.39, 0.29) is 22.6 Å². The number of rotatable bonds is 5. The Morgan fingerprint density at radius 2 is 1.70 bits per heavy atom. The molecule has 0 bridgehead atoms. The molecule has 0 amide bonds. The van der Waals surface area contributed by atoms with Crippen LogP contribution in [0.5, 0.6) is 0 Å². The lowest BCUT2D eigenvalue weighted by atomic mass is 10.1.